The van der Waals surface area contributed by atoms with Gasteiger partial charge in [0, 0.05) is 13.2 Å². The molecule has 0 atom stereocenters. The molecular weight excluding hydrogens is 204 g/mol. The summed E-state index contributed by atoms with van der Waals surface area (Å²) >= 11 is 0. The third-order valence-corrected chi connectivity index (χ3v) is 2.34. The van der Waals surface area contributed by atoms with Gasteiger partial charge in [-0.15, -0.1) is 0 Å². The zero-order chi connectivity index (χ0) is 11.5. The third kappa shape index (κ3) is 1.75. The Kier molecular flexibility index (Phi) is 2.60. The zero-order valence-corrected chi connectivity index (χ0v) is 9.15. The van der Waals surface area contributed by atoms with Crippen LogP contribution >= 0.6 is 0 Å². The van der Waals surface area contributed by atoms with E-state index in [0.29, 0.717) is 12.1 Å². The van der Waals surface area contributed by atoms with Crippen molar-refractivity contribution in [3.8, 4) is 6.07 Å². The van der Waals surface area contributed by atoms with Gasteiger partial charge >= 0.3 is 0 Å². The Hall–Kier alpha value is -2.29. The van der Waals surface area contributed by atoms with Crippen molar-refractivity contribution in [2.24, 2.45) is 7.05 Å². The quantitative estimate of drug-likeness (QED) is 0.799. The predicted molar refractivity (Wildman–Crippen MR) is 58.6 cm³/mol. The second-order valence-corrected chi connectivity index (χ2v) is 3.48. The van der Waals surface area contributed by atoms with Crippen LogP contribution < -0.4 is 5.32 Å². The van der Waals surface area contributed by atoms with Crippen molar-refractivity contribution in [2.45, 2.75) is 13.5 Å². The Morgan fingerprint density at radius 2 is 2.44 bits per heavy atom. The lowest BCUT2D eigenvalue weighted by Gasteiger charge is -2.05. The van der Waals surface area contributed by atoms with Gasteiger partial charge in [0.25, 0.3) is 0 Å². The highest BCUT2D eigenvalue weighted by Crippen LogP contribution is 2.17. The average molecular weight is 216 g/mol. The average Bonchev–Trinajstić information content (AvgIpc) is 2.83. The van der Waals surface area contributed by atoms with Gasteiger partial charge in [0.2, 0.25) is 0 Å². The molecule has 2 N–H and O–H groups in total. The highest BCUT2D eigenvalue weighted by atomic mass is 15.3. The molecule has 0 aliphatic heterocycles. The van der Waals surface area contributed by atoms with Crippen LogP contribution in [0.2, 0.25) is 0 Å². The minimum absolute atomic E-state index is 0.585. The highest BCUT2D eigenvalue weighted by molar-refractivity contribution is 5.54. The number of rotatable bonds is 3. The molecule has 6 nitrogen and oxygen atoms in total. The Morgan fingerprint density at radius 3 is 3.06 bits per heavy atom. The van der Waals surface area contributed by atoms with Crippen LogP contribution in [0.3, 0.4) is 0 Å². The number of hydrogen-bond acceptors (Lipinski definition) is 4. The van der Waals surface area contributed by atoms with E-state index in [2.05, 4.69) is 26.7 Å². The maximum absolute atomic E-state index is 9.01. The van der Waals surface area contributed by atoms with Crippen LogP contribution in [-0.2, 0) is 13.6 Å². The lowest BCUT2D eigenvalue weighted by molar-refractivity contribution is 0.756. The summed E-state index contributed by atoms with van der Waals surface area (Å²) in [6.45, 7) is 2.41. The van der Waals surface area contributed by atoms with E-state index in [0.717, 1.165) is 17.2 Å². The van der Waals surface area contributed by atoms with Crippen molar-refractivity contribution < 1.29 is 0 Å². The number of hydrogen-bond donors (Lipinski definition) is 2. The van der Waals surface area contributed by atoms with Crippen molar-refractivity contribution in [1.29, 1.82) is 5.26 Å². The minimum Gasteiger partial charge on any atom is -0.364 e. The maximum atomic E-state index is 9.01. The Morgan fingerprint density at radius 1 is 1.62 bits per heavy atom. The molecule has 2 aromatic rings. The molecule has 6 heteroatoms. The Balaban J connectivity index is 2.19. The van der Waals surface area contributed by atoms with Gasteiger partial charge in [-0.05, 0) is 13.0 Å². The van der Waals surface area contributed by atoms with Crippen LogP contribution in [0, 0.1) is 18.3 Å². The fourth-order valence-electron chi connectivity index (χ4n) is 1.56. The highest BCUT2D eigenvalue weighted by Gasteiger charge is 2.12. The van der Waals surface area contributed by atoms with E-state index in [1.54, 1.807) is 10.9 Å². The summed E-state index contributed by atoms with van der Waals surface area (Å²) in [5, 5.41) is 23.1. The van der Waals surface area contributed by atoms with Crippen LogP contribution in [0.1, 0.15) is 17.0 Å². The molecule has 0 aliphatic rings. The molecule has 0 spiro atoms. The van der Waals surface area contributed by atoms with Crippen molar-refractivity contribution in [2.75, 3.05) is 5.32 Å². The number of anilines is 1. The summed E-state index contributed by atoms with van der Waals surface area (Å²) in [6.07, 6.45) is 1.69. The predicted octanol–water partition coefficient (Wildman–Crippen LogP) is 0.935. The summed E-state index contributed by atoms with van der Waals surface area (Å²) in [7, 11) is 1.81. The molecule has 0 fully saturated rings. The minimum atomic E-state index is 0.585. The largest absolute Gasteiger partial charge is 0.364 e. The molecule has 0 aromatic carbocycles. The van der Waals surface area contributed by atoms with Crippen molar-refractivity contribution in [1.82, 2.24) is 20.0 Å². The first-order valence-electron chi connectivity index (χ1n) is 4.88. The van der Waals surface area contributed by atoms with Gasteiger partial charge in [-0.3, -0.25) is 9.78 Å². The van der Waals surface area contributed by atoms with Crippen molar-refractivity contribution in [3.63, 3.8) is 0 Å². The third-order valence-electron chi connectivity index (χ3n) is 2.34. The maximum Gasteiger partial charge on any atom is 0.142 e. The number of aryl methyl sites for hydroxylation is 2. The number of nitrogens with one attached hydrogen (secondary N) is 2. The molecule has 0 saturated heterocycles. The molecule has 16 heavy (non-hydrogen) atoms. The first-order valence-corrected chi connectivity index (χ1v) is 4.88. The van der Waals surface area contributed by atoms with E-state index < -0.39 is 0 Å². The molecule has 0 radical (unpaired) electrons. The monoisotopic (exact) mass is 216 g/mol. The molecule has 0 amide bonds. The van der Waals surface area contributed by atoms with Gasteiger partial charge in [0.05, 0.1) is 17.9 Å². The van der Waals surface area contributed by atoms with Crippen LogP contribution in [-0.4, -0.2) is 20.0 Å². The first-order chi connectivity index (χ1) is 7.72. The van der Waals surface area contributed by atoms with E-state index >= 15 is 0 Å². The Labute approximate surface area is 92.9 Å². The molecule has 0 bridgehead atoms. The molecular formula is C10H12N6. The fraction of sp³-hybridized carbons (Fsp3) is 0.300. The second-order valence-electron chi connectivity index (χ2n) is 3.48. The lowest BCUT2D eigenvalue weighted by Crippen LogP contribution is -2.06. The number of H-pyrrole nitrogens is 1. The first kappa shape index (κ1) is 10.2. The standard InChI is InChI=1S/C10H12N6/c1-7-9(5-11)10(16(2)15-7)12-6-8-3-4-13-14-8/h3-4,12H,6H2,1-2H3,(H,13,14). The van der Waals surface area contributed by atoms with E-state index in [1.165, 1.54) is 0 Å². The molecule has 82 valence electrons. The topological polar surface area (TPSA) is 82.3 Å². The van der Waals surface area contributed by atoms with Crippen molar-refractivity contribution >= 4 is 5.82 Å². The van der Waals surface area contributed by atoms with Crippen LogP contribution in [0.5, 0.6) is 0 Å². The lowest BCUT2D eigenvalue weighted by atomic mass is 10.2. The number of aromatic amines is 1. The smallest absolute Gasteiger partial charge is 0.142 e. The molecule has 2 aromatic heterocycles. The van der Waals surface area contributed by atoms with E-state index in [9.17, 15) is 0 Å². The number of aromatic nitrogens is 4. The van der Waals surface area contributed by atoms with E-state index in [4.69, 9.17) is 5.26 Å². The summed E-state index contributed by atoms with van der Waals surface area (Å²) in [5.41, 5.74) is 2.28. The van der Waals surface area contributed by atoms with Crippen LogP contribution in [0.25, 0.3) is 0 Å². The number of nitrogens with zero attached hydrogens (tertiary/aromatic N) is 4. The Bertz CT molecular complexity index is 516. The molecule has 2 rings (SSSR count). The zero-order valence-electron chi connectivity index (χ0n) is 9.15. The summed E-state index contributed by atoms with van der Waals surface area (Å²) in [4.78, 5) is 0. The van der Waals surface area contributed by atoms with Gasteiger partial charge in [0.15, 0.2) is 0 Å². The van der Waals surface area contributed by atoms with Gasteiger partial charge in [-0.1, -0.05) is 0 Å². The van der Waals surface area contributed by atoms with Gasteiger partial charge in [-0.25, -0.2) is 0 Å². The van der Waals surface area contributed by atoms with E-state index in [-0.39, 0.29) is 0 Å². The van der Waals surface area contributed by atoms with Crippen LogP contribution in [0.15, 0.2) is 12.3 Å². The van der Waals surface area contributed by atoms with Gasteiger partial charge in [-0.2, -0.15) is 15.5 Å². The number of nitriles is 1. The fourth-order valence-corrected chi connectivity index (χ4v) is 1.56. The molecule has 0 saturated carbocycles. The molecule has 2 heterocycles. The summed E-state index contributed by atoms with van der Waals surface area (Å²) < 4.78 is 1.67. The van der Waals surface area contributed by atoms with E-state index in [1.807, 2.05) is 20.0 Å². The SMILES string of the molecule is Cc1nn(C)c(NCc2ccn[nH]2)c1C#N. The van der Waals surface area contributed by atoms with Crippen LogP contribution in [0.4, 0.5) is 5.82 Å². The summed E-state index contributed by atoms with van der Waals surface area (Å²) in [5.74, 6) is 0.731. The van der Waals surface area contributed by atoms with Gasteiger partial charge < -0.3 is 5.32 Å². The second kappa shape index (κ2) is 4.06. The normalized spacial score (nSPS) is 10.1. The molecule has 0 aliphatic carbocycles. The van der Waals surface area contributed by atoms with Crippen molar-refractivity contribution in [3.05, 3.63) is 29.2 Å². The van der Waals surface area contributed by atoms with Gasteiger partial charge in [0.1, 0.15) is 17.5 Å². The molecule has 0 unspecified atom stereocenters. The summed E-state index contributed by atoms with van der Waals surface area (Å²) in [6, 6.07) is 4.02.